The fraction of sp³-hybridized carbons (Fsp3) is 0.786. The van der Waals surface area contributed by atoms with Crippen LogP contribution in [0.15, 0.2) is 4.99 Å². The van der Waals surface area contributed by atoms with E-state index in [1.165, 1.54) is 0 Å². The minimum atomic E-state index is -1.02. The van der Waals surface area contributed by atoms with Gasteiger partial charge in [-0.1, -0.05) is 0 Å². The topological polar surface area (TPSA) is 111 Å². The molecule has 0 aliphatic heterocycles. The molecule has 1 atom stereocenters. The van der Waals surface area contributed by atoms with Crippen molar-refractivity contribution in [2.75, 3.05) is 0 Å². The summed E-state index contributed by atoms with van der Waals surface area (Å²) in [5, 5.41) is 8.73. The third kappa shape index (κ3) is 10.6. The molecule has 122 valence electrons. The minimum absolute atomic E-state index is 0.00154. The zero-order valence-electron chi connectivity index (χ0n) is 13.6. The first-order valence-electron chi connectivity index (χ1n) is 6.77. The van der Waals surface area contributed by atoms with E-state index in [-0.39, 0.29) is 18.9 Å². The highest BCUT2D eigenvalue weighted by Gasteiger charge is 2.26. The van der Waals surface area contributed by atoms with E-state index in [1.54, 1.807) is 41.5 Å². The molecule has 0 aromatic rings. The van der Waals surface area contributed by atoms with E-state index < -0.39 is 29.2 Å². The molecule has 7 heteroatoms. The lowest BCUT2D eigenvalue weighted by atomic mass is 10.1. The molecule has 0 saturated heterocycles. The summed E-state index contributed by atoms with van der Waals surface area (Å²) in [5.41, 5.74) is 4.40. The minimum Gasteiger partial charge on any atom is -0.481 e. The molecule has 7 nitrogen and oxygen atoms in total. The Bertz CT molecular complexity index is 405. The summed E-state index contributed by atoms with van der Waals surface area (Å²) >= 11 is 0. The lowest BCUT2D eigenvalue weighted by Crippen LogP contribution is -2.35. The van der Waals surface area contributed by atoms with E-state index >= 15 is 0 Å². The van der Waals surface area contributed by atoms with Crippen molar-refractivity contribution in [3.8, 4) is 0 Å². The van der Waals surface area contributed by atoms with Crippen LogP contribution in [0.4, 0.5) is 0 Å². The van der Waals surface area contributed by atoms with E-state index in [9.17, 15) is 9.59 Å². The number of esters is 1. The van der Waals surface area contributed by atoms with E-state index in [0.29, 0.717) is 0 Å². The Hall–Kier alpha value is -1.79. The fourth-order valence-electron chi connectivity index (χ4n) is 1.36. The average Bonchev–Trinajstić information content (AvgIpc) is 2.18. The highest BCUT2D eigenvalue weighted by molar-refractivity contribution is 5.82. The molecule has 0 bridgehead atoms. The smallest absolute Gasteiger partial charge is 0.331 e. The van der Waals surface area contributed by atoms with Gasteiger partial charge in [0.1, 0.15) is 11.2 Å². The number of aliphatic carboxylic acids is 1. The lowest BCUT2D eigenvalue weighted by molar-refractivity contribution is -0.156. The van der Waals surface area contributed by atoms with Crippen LogP contribution in [-0.2, 0) is 19.1 Å². The molecule has 21 heavy (non-hydrogen) atoms. The number of hydrogen-bond acceptors (Lipinski definition) is 5. The first-order chi connectivity index (χ1) is 9.30. The van der Waals surface area contributed by atoms with Gasteiger partial charge in [0.25, 0.3) is 6.02 Å². The van der Waals surface area contributed by atoms with Gasteiger partial charge in [0.05, 0.1) is 0 Å². The van der Waals surface area contributed by atoms with Crippen LogP contribution in [0.25, 0.3) is 0 Å². The monoisotopic (exact) mass is 302 g/mol. The fourth-order valence-corrected chi connectivity index (χ4v) is 1.36. The van der Waals surface area contributed by atoms with Crippen LogP contribution in [0.5, 0.6) is 0 Å². The molecule has 0 aliphatic rings. The zero-order chi connectivity index (χ0) is 16.8. The summed E-state index contributed by atoms with van der Waals surface area (Å²) in [6.07, 6.45) is -0.214. The number of ether oxygens (including phenoxy) is 2. The van der Waals surface area contributed by atoms with Crippen LogP contribution in [-0.4, -0.2) is 40.3 Å². The number of aliphatic imine (C=N–C) groups is 1. The maximum absolute atomic E-state index is 12.0. The van der Waals surface area contributed by atoms with Gasteiger partial charge in [-0.05, 0) is 48.0 Å². The van der Waals surface area contributed by atoms with Crippen LogP contribution in [0.1, 0.15) is 54.4 Å². The van der Waals surface area contributed by atoms with Crippen molar-refractivity contribution in [1.29, 1.82) is 0 Å². The Morgan fingerprint density at radius 2 is 1.57 bits per heavy atom. The van der Waals surface area contributed by atoms with Crippen molar-refractivity contribution in [2.24, 2.45) is 10.7 Å². The summed E-state index contributed by atoms with van der Waals surface area (Å²) in [6.45, 7) is 10.5. The van der Waals surface area contributed by atoms with Crippen LogP contribution < -0.4 is 5.73 Å². The van der Waals surface area contributed by atoms with Gasteiger partial charge >= 0.3 is 11.9 Å². The maximum atomic E-state index is 12.0. The molecule has 0 aromatic carbocycles. The SMILES string of the molecule is CC(C)(C)OC(=O)[C@H](CCC(=O)O)N=C(N)OC(C)(C)C. The summed E-state index contributed by atoms with van der Waals surface area (Å²) in [5.74, 6) is -1.64. The van der Waals surface area contributed by atoms with Crippen LogP contribution in [0, 0.1) is 0 Å². The summed E-state index contributed by atoms with van der Waals surface area (Å²) in [6, 6.07) is -1.16. The van der Waals surface area contributed by atoms with Crippen molar-refractivity contribution in [2.45, 2.75) is 71.6 Å². The van der Waals surface area contributed by atoms with E-state index in [2.05, 4.69) is 4.99 Å². The number of nitrogens with zero attached hydrogens (tertiary/aromatic N) is 1. The second-order valence-electron chi connectivity index (χ2n) is 6.66. The van der Waals surface area contributed by atoms with Crippen molar-refractivity contribution in [1.82, 2.24) is 0 Å². The number of nitrogens with two attached hydrogens (primary N) is 1. The Kier molecular flexibility index (Phi) is 6.66. The predicted octanol–water partition coefficient (Wildman–Crippen LogP) is 1.69. The number of carboxylic acids is 1. The molecule has 0 spiro atoms. The Labute approximate surface area is 125 Å². The van der Waals surface area contributed by atoms with Gasteiger partial charge in [-0.15, -0.1) is 0 Å². The summed E-state index contributed by atoms with van der Waals surface area (Å²) in [7, 11) is 0. The highest BCUT2D eigenvalue weighted by Crippen LogP contribution is 2.14. The number of hydrogen-bond donors (Lipinski definition) is 2. The van der Waals surface area contributed by atoms with Crippen LogP contribution >= 0.6 is 0 Å². The van der Waals surface area contributed by atoms with Gasteiger partial charge in [0.15, 0.2) is 6.04 Å². The number of carboxylic acid groups (broad SMARTS) is 1. The van der Waals surface area contributed by atoms with Crippen LogP contribution in [0.3, 0.4) is 0 Å². The third-order valence-electron chi connectivity index (χ3n) is 2.00. The largest absolute Gasteiger partial charge is 0.481 e. The lowest BCUT2D eigenvalue weighted by Gasteiger charge is -2.24. The molecule has 0 aromatic heterocycles. The Balaban J connectivity index is 5.00. The summed E-state index contributed by atoms with van der Waals surface area (Å²) in [4.78, 5) is 26.7. The normalized spacial score (nSPS) is 14.5. The molecule has 0 unspecified atom stereocenters. The zero-order valence-corrected chi connectivity index (χ0v) is 13.6. The average molecular weight is 302 g/mol. The molecule has 0 fully saturated rings. The Morgan fingerprint density at radius 3 is 1.95 bits per heavy atom. The van der Waals surface area contributed by atoms with Gasteiger partial charge < -0.3 is 20.3 Å². The van der Waals surface area contributed by atoms with Crippen LogP contribution in [0.2, 0.25) is 0 Å². The Morgan fingerprint density at radius 1 is 1.10 bits per heavy atom. The quantitative estimate of drug-likeness (QED) is 0.454. The first kappa shape index (κ1) is 19.2. The van der Waals surface area contributed by atoms with Gasteiger partial charge in [-0.25, -0.2) is 9.79 Å². The standard InChI is InChI=1S/C14H26N2O5/c1-13(2,3)20-11(19)9(7-8-10(17)18)16-12(15)21-14(4,5)6/h9H,7-8H2,1-6H3,(H2,15,16)(H,17,18)/t9-/m0/s1. The number of rotatable bonds is 5. The van der Waals surface area contributed by atoms with Gasteiger partial charge in [0, 0.05) is 6.42 Å². The molecular formula is C14H26N2O5. The van der Waals surface area contributed by atoms with E-state index in [0.717, 1.165) is 0 Å². The molecule has 0 radical (unpaired) electrons. The van der Waals surface area contributed by atoms with Crippen molar-refractivity contribution in [3.63, 3.8) is 0 Å². The second kappa shape index (κ2) is 7.28. The van der Waals surface area contributed by atoms with Gasteiger partial charge in [-0.2, -0.15) is 0 Å². The van der Waals surface area contributed by atoms with Gasteiger partial charge in [0.2, 0.25) is 0 Å². The predicted molar refractivity (Wildman–Crippen MR) is 79.0 cm³/mol. The first-order valence-corrected chi connectivity index (χ1v) is 6.77. The molecule has 0 saturated carbocycles. The molecule has 0 amide bonds. The molecule has 3 N–H and O–H groups in total. The molecular weight excluding hydrogens is 276 g/mol. The molecule has 0 heterocycles. The van der Waals surface area contributed by atoms with E-state index in [4.69, 9.17) is 20.3 Å². The number of amidine groups is 1. The third-order valence-corrected chi connectivity index (χ3v) is 2.00. The van der Waals surface area contributed by atoms with E-state index in [1.807, 2.05) is 0 Å². The van der Waals surface area contributed by atoms with Gasteiger partial charge in [-0.3, -0.25) is 4.79 Å². The molecule has 0 aliphatic carbocycles. The van der Waals surface area contributed by atoms with Crippen molar-refractivity contribution < 1.29 is 24.2 Å². The maximum Gasteiger partial charge on any atom is 0.331 e. The van der Waals surface area contributed by atoms with Crippen molar-refractivity contribution in [3.05, 3.63) is 0 Å². The number of carbonyl (C=O) groups excluding carboxylic acids is 1. The highest BCUT2D eigenvalue weighted by atomic mass is 16.6. The second-order valence-corrected chi connectivity index (χ2v) is 6.66. The molecule has 0 rings (SSSR count). The summed E-state index contributed by atoms with van der Waals surface area (Å²) < 4.78 is 10.5. The van der Waals surface area contributed by atoms with Crippen molar-refractivity contribution >= 4 is 18.0 Å². The number of carbonyl (C=O) groups is 2.